The van der Waals surface area contributed by atoms with E-state index in [0.29, 0.717) is 19.1 Å². The Bertz CT molecular complexity index is 510. The molecule has 2 aliphatic rings. The standard InChI is InChI=1S/C15H18F3NO2/c16-15(17,18)12-5-4-10(9-11-3-1-2-6-19-11)13-14(12)21-8-7-20-13/h4-5,11,19H,1-3,6-9H2. The van der Waals surface area contributed by atoms with Crippen LogP contribution < -0.4 is 14.8 Å². The molecule has 1 aromatic rings. The number of ether oxygens (including phenoxy) is 2. The molecule has 0 aliphatic carbocycles. The van der Waals surface area contributed by atoms with Gasteiger partial charge in [0, 0.05) is 6.04 Å². The average molecular weight is 301 g/mol. The van der Waals surface area contributed by atoms with Crippen LogP contribution in [-0.4, -0.2) is 25.8 Å². The summed E-state index contributed by atoms with van der Waals surface area (Å²) in [6, 6.07) is 2.92. The van der Waals surface area contributed by atoms with Crippen LogP contribution in [0.3, 0.4) is 0 Å². The predicted molar refractivity (Wildman–Crippen MR) is 71.8 cm³/mol. The van der Waals surface area contributed by atoms with Gasteiger partial charge in [-0.1, -0.05) is 12.5 Å². The fraction of sp³-hybridized carbons (Fsp3) is 0.600. The Morgan fingerprint density at radius 3 is 2.52 bits per heavy atom. The number of hydrogen-bond acceptors (Lipinski definition) is 3. The second-order valence-corrected chi connectivity index (χ2v) is 5.48. The van der Waals surface area contributed by atoms with Gasteiger partial charge in [-0.3, -0.25) is 0 Å². The van der Waals surface area contributed by atoms with Crippen LogP contribution in [0, 0.1) is 0 Å². The first kappa shape index (κ1) is 14.5. The summed E-state index contributed by atoms with van der Waals surface area (Å²) >= 11 is 0. The van der Waals surface area contributed by atoms with Crippen LogP contribution >= 0.6 is 0 Å². The van der Waals surface area contributed by atoms with E-state index >= 15 is 0 Å². The third-order valence-electron chi connectivity index (χ3n) is 3.95. The Hall–Kier alpha value is -1.43. The lowest BCUT2D eigenvalue weighted by molar-refractivity contribution is -0.139. The first-order chi connectivity index (χ1) is 10.1. The summed E-state index contributed by atoms with van der Waals surface area (Å²) in [7, 11) is 0. The molecular formula is C15H18F3NO2. The minimum atomic E-state index is -4.42. The lowest BCUT2D eigenvalue weighted by atomic mass is 9.96. The van der Waals surface area contributed by atoms with Gasteiger partial charge >= 0.3 is 6.18 Å². The molecule has 0 radical (unpaired) electrons. The number of piperidine rings is 1. The smallest absolute Gasteiger partial charge is 0.420 e. The molecule has 0 amide bonds. The third-order valence-corrected chi connectivity index (χ3v) is 3.95. The van der Waals surface area contributed by atoms with E-state index in [-0.39, 0.29) is 18.1 Å². The van der Waals surface area contributed by atoms with E-state index in [4.69, 9.17) is 9.47 Å². The Morgan fingerprint density at radius 2 is 1.86 bits per heavy atom. The molecule has 2 heterocycles. The van der Waals surface area contributed by atoms with E-state index in [9.17, 15) is 13.2 Å². The molecule has 21 heavy (non-hydrogen) atoms. The molecule has 3 rings (SSSR count). The van der Waals surface area contributed by atoms with Crippen molar-refractivity contribution in [1.82, 2.24) is 5.32 Å². The second-order valence-electron chi connectivity index (χ2n) is 5.48. The van der Waals surface area contributed by atoms with Crippen molar-refractivity contribution in [2.24, 2.45) is 0 Å². The van der Waals surface area contributed by atoms with E-state index in [2.05, 4.69) is 5.32 Å². The second kappa shape index (κ2) is 5.75. The van der Waals surface area contributed by atoms with Gasteiger partial charge in [0.2, 0.25) is 0 Å². The lowest BCUT2D eigenvalue weighted by Crippen LogP contribution is -2.35. The van der Waals surface area contributed by atoms with Gasteiger partial charge in [-0.2, -0.15) is 13.2 Å². The van der Waals surface area contributed by atoms with E-state index in [0.717, 1.165) is 37.4 Å². The fourth-order valence-electron chi connectivity index (χ4n) is 2.94. The van der Waals surface area contributed by atoms with Crippen LogP contribution in [0.1, 0.15) is 30.4 Å². The zero-order valence-electron chi connectivity index (χ0n) is 11.6. The van der Waals surface area contributed by atoms with Gasteiger partial charge in [-0.25, -0.2) is 0 Å². The highest BCUT2D eigenvalue weighted by atomic mass is 19.4. The maximum atomic E-state index is 13.0. The van der Waals surface area contributed by atoms with Crippen molar-refractivity contribution >= 4 is 0 Å². The molecule has 1 N–H and O–H groups in total. The summed E-state index contributed by atoms with van der Waals surface area (Å²) in [5.41, 5.74) is 0.0367. The first-order valence-electron chi connectivity index (χ1n) is 7.28. The molecule has 0 bridgehead atoms. The van der Waals surface area contributed by atoms with Crippen LogP contribution in [0.4, 0.5) is 13.2 Å². The number of nitrogens with one attached hydrogen (secondary N) is 1. The Labute approximate surface area is 121 Å². The van der Waals surface area contributed by atoms with E-state index in [1.54, 1.807) is 0 Å². The van der Waals surface area contributed by atoms with E-state index < -0.39 is 11.7 Å². The maximum Gasteiger partial charge on any atom is 0.420 e. The lowest BCUT2D eigenvalue weighted by Gasteiger charge is -2.27. The number of alkyl halides is 3. The summed E-state index contributed by atoms with van der Waals surface area (Å²) in [5, 5.41) is 3.40. The number of rotatable bonds is 2. The predicted octanol–water partition coefficient (Wildman–Crippen LogP) is 3.16. The molecule has 2 aliphatic heterocycles. The SMILES string of the molecule is FC(F)(F)c1ccc(CC2CCCCN2)c2c1OCCO2. The molecular weight excluding hydrogens is 283 g/mol. The summed E-state index contributed by atoms with van der Waals surface area (Å²) < 4.78 is 49.8. The molecule has 1 saturated heterocycles. The van der Waals surface area contributed by atoms with E-state index in [1.807, 2.05) is 0 Å². The van der Waals surface area contributed by atoms with Crippen molar-refractivity contribution in [3.8, 4) is 11.5 Å². The monoisotopic (exact) mass is 301 g/mol. The Kier molecular flexibility index (Phi) is 3.97. The van der Waals surface area contributed by atoms with Crippen LogP contribution in [0.15, 0.2) is 12.1 Å². The number of fused-ring (bicyclic) bond motifs is 1. The topological polar surface area (TPSA) is 30.5 Å². The van der Waals surface area contributed by atoms with Gasteiger partial charge in [0.15, 0.2) is 11.5 Å². The largest absolute Gasteiger partial charge is 0.486 e. The molecule has 1 atom stereocenters. The van der Waals surface area contributed by atoms with Crippen LogP contribution in [0.5, 0.6) is 11.5 Å². The molecule has 0 aromatic heterocycles. The van der Waals surface area contributed by atoms with E-state index in [1.165, 1.54) is 6.07 Å². The quantitative estimate of drug-likeness (QED) is 0.910. The van der Waals surface area contributed by atoms with Crippen LogP contribution in [0.2, 0.25) is 0 Å². The highest BCUT2D eigenvalue weighted by Gasteiger charge is 2.37. The third kappa shape index (κ3) is 3.10. The van der Waals surface area contributed by atoms with Crippen molar-refractivity contribution in [3.05, 3.63) is 23.3 Å². The van der Waals surface area contributed by atoms with Crippen molar-refractivity contribution in [1.29, 1.82) is 0 Å². The highest BCUT2D eigenvalue weighted by molar-refractivity contribution is 5.54. The average Bonchev–Trinajstić information content (AvgIpc) is 2.47. The van der Waals surface area contributed by atoms with Crippen LogP contribution in [-0.2, 0) is 12.6 Å². The van der Waals surface area contributed by atoms with Crippen molar-refractivity contribution in [2.75, 3.05) is 19.8 Å². The zero-order valence-corrected chi connectivity index (χ0v) is 11.6. The normalized spacial score (nSPS) is 22.1. The first-order valence-corrected chi connectivity index (χ1v) is 7.28. The molecule has 6 heteroatoms. The molecule has 116 valence electrons. The van der Waals surface area contributed by atoms with Crippen LogP contribution in [0.25, 0.3) is 0 Å². The highest BCUT2D eigenvalue weighted by Crippen LogP contribution is 2.45. The molecule has 1 aromatic carbocycles. The summed E-state index contributed by atoms with van der Waals surface area (Å²) in [6.07, 6.45) is -0.411. The summed E-state index contributed by atoms with van der Waals surface area (Å²) in [4.78, 5) is 0. The Morgan fingerprint density at radius 1 is 1.10 bits per heavy atom. The van der Waals surface area contributed by atoms with Gasteiger partial charge in [0.25, 0.3) is 0 Å². The minimum Gasteiger partial charge on any atom is -0.486 e. The van der Waals surface area contributed by atoms with Crippen molar-refractivity contribution in [2.45, 2.75) is 37.9 Å². The molecule has 3 nitrogen and oxygen atoms in total. The number of benzene rings is 1. The molecule has 0 spiro atoms. The fourth-order valence-corrected chi connectivity index (χ4v) is 2.94. The zero-order chi connectivity index (χ0) is 14.9. The van der Waals surface area contributed by atoms with Gasteiger partial charge in [-0.15, -0.1) is 0 Å². The van der Waals surface area contributed by atoms with Gasteiger partial charge in [0.1, 0.15) is 18.8 Å². The Balaban J connectivity index is 1.91. The van der Waals surface area contributed by atoms with Crippen molar-refractivity contribution in [3.63, 3.8) is 0 Å². The van der Waals surface area contributed by atoms with Crippen molar-refractivity contribution < 1.29 is 22.6 Å². The molecule has 1 fully saturated rings. The molecule has 0 saturated carbocycles. The summed E-state index contributed by atoms with van der Waals surface area (Å²) in [6.45, 7) is 1.41. The van der Waals surface area contributed by atoms with Gasteiger partial charge in [-0.05, 0) is 37.4 Å². The minimum absolute atomic E-state index is 0.151. The number of halogens is 3. The van der Waals surface area contributed by atoms with Gasteiger partial charge < -0.3 is 14.8 Å². The maximum absolute atomic E-state index is 13.0. The molecule has 1 unspecified atom stereocenters. The summed E-state index contributed by atoms with van der Waals surface area (Å²) in [5.74, 6) is 0.116. The number of hydrogen-bond donors (Lipinski definition) is 1. The van der Waals surface area contributed by atoms with Gasteiger partial charge in [0.05, 0.1) is 0 Å².